The van der Waals surface area contributed by atoms with Crippen molar-refractivity contribution < 1.29 is 13.9 Å². The van der Waals surface area contributed by atoms with Gasteiger partial charge in [-0.2, -0.15) is 0 Å². The third-order valence-electron chi connectivity index (χ3n) is 4.95. The first kappa shape index (κ1) is 24.4. The lowest BCUT2D eigenvalue weighted by Crippen LogP contribution is -2.42. The number of aromatic amines is 1. The number of benzene rings is 1. The average molecular weight is 475 g/mol. The maximum atomic E-state index is 13.5. The number of carbonyl (C=O) groups excluding carboxylic acids is 1. The minimum absolute atomic E-state index is 0.0569. The average Bonchev–Trinajstić information content (AvgIpc) is 3.25. The minimum Gasteiger partial charge on any atom is -0.385 e. The first-order valence-corrected chi connectivity index (χ1v) is 11.3. The molecule has 8 nitrogen and oxygen atoms in total. The quantitative estimate of drug-likeness (QED) is 0.462. The van der Waals surface area contributed by atoms with E-state index >= 15 is 0 Å². The Balaban J connectivity index is 2.03. The molecule has 0 spiro atoms. The van der Waals surface area contributed by atoms with Gasteiger partial charge in [-0.1, -0.05) is 26.0 Å². The number of nitrogens with zero attached hydrogens (tertiary/aromatic N) is 2. The molecule has 0 aliphatic carbocycles. The van der Waals surface area contributed by atoms with Gasteiger partial charge in [0.25, 0.3) is 11.5 Å². The van der Waals surface area contributed by atoms with Crippen molar-refractivity contribution in [3.63, 3.8) is 0 Å². The zero-order chi connectivity index (χ0) is 24.1. The summed E-state index contributed by atoms with van der Waals surface area (Å²) in [5.41, 5.74) is 5.62. The molecule has 3 aromatic rings. The molecule has 0 aliphatic heterocycles. The topological polar surface area (TPSA) is 110 Å². The van der Waals surface area contributed by atoms with Crippen molar-refractivity contribution in [2.75, 3.05) is 30.9 Å². The molecule has 3 rings (SSSR count). The maximum Gasteiger partial charge on any atom is 0.330 e. The van der Waals surface area contributed by atoms with Crippen molar-refractivity contribution in [3.05, 3.63) is 67.9 Å². The SMILES string of the molecule is COCCCN(C(=O)c1ccc(-c2ccc(F)cc2)s1)c1c(N)n(CC(C)C)c(=O)[nH]c1=O. The van der Waals surface area contributed by atoms with Gasteiger partial charge in [0.15, 0.2) is 5.69 Å². The largest absolute Gasteiger partial charge is 0.385 e. The summed E-state index contributed by atoms with van der Waals surface area (Å²) in [5, 5.41) is 0. The normalized spacial score (nSPS) is 11.2. The van der Waals surface area contributed by atoms with Gasteiger partial charge >= 0.3 is 5.69 Å². The molecule has 0 atom stereocenters. The summed E-state index contributed by atoms with van der Waals surface area (Å²) in [6.07, 6.45) is 0.459. The molecule has 1 aromatic carbocycles. The van der Waals surface area contributed by atoms with Crippen LogP contribution in [0.1, 0.15) is 29.9 Å². The Kier molecular flexibility index (Phi) is 7.83. The molecule has 2 heterocycles. The van der Waals surface area contributed by atoms with Gasteiger partial charge in [0, 0.05) is 31.7 Å². The van der Waals surface area contributed by atoms with Crippen LogP contribution in [0.5, 0.6) is 0 Å². The number of aromatic nitrogens is 2. The highest BCUT2D eigenvalue weighted by Gasteiger charge is 2.26. The van der Waals surface area contributed by atoms with Gasteiger partial charge in [0.05, 0.1) is 4.88 Å². The van der Waals surface area contributed by atoms with Crippen LogP contribution in [-0.2, 0) is 11.3 Å². The fourth-order valence-electron chi connectivity index (χ4n) is 3.42. The van der Waals surface area contributed by atoms with E-state index < -0.39 is 17.2 Å². The number of anilines is 2. The lowest BCUT2D eigenvalue weighted by molar-refractivity contribution is 0.0987. The van der Waals surface area contributed by atoms with Crippen LogP contribution in [0, 0.1) is 11.7 Å². The van der Waals surface area contributed by atoms with Crippen LogP contribution in [0.3, 0.4) is 0 Å². The number of nitrogen functional groups attached to an aromatic ring is 1. The molecule has 0 aliphatic rings. The van der Waals surface area contributed by atoms with Crippen LogP contribution in [0.2, 0.25) is 0 Å². The standard InChI is InChI=1S/C23H27FN4O4S/c1-14(2)13-28-20(25)19(21(29)26-23(28)31)27(11-4-12-32-3)22(30)18-10-9-17(33-18)15-5-7-16(24)8-6-15/h5-10,14H,4,11-13,25H2,1-3H3,(H,26,29,31). The maximum absolute atomic E-state index is 13.5. The predicted octanol–water partition coefficient (Wildman–Crippen LogP) is 3.33. The molecule has 0 bridgehead atoms. The second-order valence-corrected chi connectivity index (χ2v) is 9.06. The number of hydrogen-bond donors (Lipinski definition) is 2. The molecular weight excluding hydrogens is 447 g/mol. The molecular formula is C23H27FN4O4S. The summed E-state index contributed by atoms with van der Waals surface area (Å²) in [4.78, 5) is 43.3. The number of hydrogen-bond acceptors (Lipinski definition) is 6. The van der Waals surface area contributed by atoms with Gasteiger partial charge < -0.3 is 10.5 Å². The molecule has 33 heavy (non-hydrogen) atoms. The Labute approximate surface area is 194 Å². The number of thiophene rings is 1. The highest BCUT2D eigenvalue weighted by molar-refractivity contribution is 7.17. The number of carbonyl (C=O) groups is 1. The van der Waals surface area contributed by atoms with Crippen molar-refractivity contribution in [2.45, 2.75) is 26.8 Å². The molecule has 0 fully saturated rings. The van der Waals surface area contributed by atoms with E-state index in [-0.39, 0.29) is 29.8 Å². The third kappa shape index (κ3) is 5.58. The molecule has 0 saturated carbocycles. The zero-order valence-electron chi connectivity index (χ0n) is 18.8. The van der Waals surface area contributed by atoms with Crippen LogP contribution >= 0.6 is 11.3 Å². The van der Waals surface area contributed by atoms with Gasteiger partial charge in [0.2, 0.25) is 0 Å². The molecule has 3 N–H and O–H groups in total. The van der Waals surface area contributed by atoms with E-state index in [0.29, 0.717) is 24.4 Å². The molecule has 0 unspecified atom stereocenters. The Hall–Kier alpha value is -3.24. The summed E-state index contributed by atoms with van der Waals surface area (Å²) in [6.45, 7) is 4.67. The van der Waals surface area contributed by atoms with E-state index in [1.807, 2.05) is 13.8 Å². The van der Waals surface area contributed by atoms with Crippen molar-refractivity contribution in [2.24, 2.45) is 5.92 Å². The summed E-state index contributed by atoms with van der Waals surface area (Å²) < 4.78 is 19.6. The number of amides is 1. The van der Waals surface area contributed by atoms with Crippen LogP contribution in [0.15, 0.2) is 46.0 Å². The summed E-state index contributed by atoms with van der Waals surface area (Å²) >= 11 is 1.23. The predicted molar refractivity (Wildman–Crippen MR) is 128 cm³/mol. The Morgan fingerprint density at radius 3 is 2.55 bits per heavy atom. The highest BCUT2D eigenvalue weighted by Crippen LogP contribution is 2.30. The van der Waals surface area contributed by atoms with Crippen molar-refractivity contribution >= 4 is 28.7 Å². The van der Waals surface area contributed by atoms with E-state index in [2.05, 4.69) is 4.98 Å². The van der Waals surface area contributed by atoms with Gasteiger partial charge in [-0.25, -0.2) is 9.18 Å². The number of rotatable bonds is 9. The Morgan fingerprint density at radius 2 is 1.91 bits per heavy atom. The lowest BCUT2D eigenvalue weighted by atomic mass is 10.2. The van der Waals surface area contributed by atoms with Gasteiger partial charge in [0.1, 0.15) is 11.6 Å². The second-order valence-electron chi connectivity index (χ2n) is 7.97. The Bertz CT molecular complexity index is 1230. The number of methoxy groups -OCH3 is 1. The van der Waals surface area contributed by atoms with E-state index in [4.69, 9.17) is 10.5 Å². The smallest absolute Gasteiger partial charge is 0.330 e. The van der Waals surface area contributed by atoms with Gasteiger partial charge in [-0.3, -0.25) is 24.0 Å². The van der Waals surface area contributed by atoms with Crippen LogP contribution < -0.4 is 21.9 Å². The molecule has 2 aromatic heterocycles. The lowest BCUT2D eigenvalue weighted by Gasteiger charge is -2.24. The molecule has 10 heteroatoms. The molecule has 1 amide bonds. The Morgan fingerprint density at radius 1 is 1.21 bits per heavy atom. The highest BCUT2D eigenvalue weighted by atomic mass is 32.1. The molecule has 0 saturated heterocycles. The molecule has 176 valence electrons. The van der Waals surface area contributed by atoms with Crippen LogP contribution in [-0.4, -0.2) is 35.7 Å². The second kappa shape index (κ2) is 10.6. The zero-order valence-corrected chi connectivity index (χ0v) is 19.6. The van der Waals surface area contributed by atoms with Gasteiger partial charge in [-0.05, 0) is 42.2 Å². The van der Waals surface area contributed by atoms with Gasteiger partial charge in [-0.15, -0.1) is 11.3 Å². The van der Waals surface area contributed by atoms with E-state index in [9.17, 15) is 18.8 Å². The third-order valence-corrected chi connectivity index (χ3v) is 6.07. The number of halogens is 1. The van der Waals surface area contributed by atoms with Crippen molar-refractivity contribution in [3.8, 4) is 10.4 Å². The van der Waals surface area contributed by atoms with Crippen molar-refractivity contribution in [1.82, 2.24) is 9.55 Å². The van der Waals surface area contributed by atoms with Crippen LogP contribution in [0.4, 0.5) is 15.9 Å². The summed E-state index contributed by atoms with van der Waals surface area (Å²) in [6, 6.07) is 9.40. The number of nitrogens with one attached hydrogen (secondary N) is 1. The number of ether oxygens (including phenoxy) is 1. The van der Waals surface area contributed by atoms with Crippen LogP contribution in [0.25, 0.3) is 10.4 Å². The molecule has 0 radical (unpaired) electrons. The number of H-pyrrole nitrogens is 1. The van der Waals surface area contributed by atoms with E-state index in [1.54, 1.807) is 31.4 Å². The van der Waals surface area contributed by atoms with E-state index in [0.717, 1.165) is 10.4 Å². The van der Waals surface area contributed by atoms with E-state index in [1.165, 1.54) is 32.9 Å². The minimum atomic E-state index is -0.724. The summed E-state index contributed by atoms with van der Waals surface area (Å²) in [5.74, 6) is -0.728. The summed E-state index contributed by atoms with van der Waals surface area (Å²) in [7, 11) is 1.55. The van der Waals surface area contributed by atoms with Crippen molar-refractivity contribution in [1.29, 1.82) is 0 Å². The number of nitrogens with two attached hydrogens (primary N) is 1. The fourth-order valence-corrected chi connectivity index (χ4v) is 4.38. The monoisotopic (exact) mass is 474 g/mol. The fraction of sp³-hybridized carbons (Fsp3) is 0.348. The first-order chi connectivity index (χ1) is 15.7. The first-order valence-electron chi connectivity index (χ1n) is 10.5.